The van der Waals surface area contributed by atoms with E-state index >= 15 is 0 Å². The number of carbonyl (C=O) groups excluding carboxylic acids is 3. The number of thiocarbonyl (C=S) groups is 1. The number of isothiocyanates is 1. The number of fused-ring (bicyclic) bond motifs is 2. The van der Waals surface area contributed by atoms with Crippen LogP contribution < -0.4 is 19.1 Å². The monoisotopic (exact) mass is 1160 g/mol. The zero-order valence-corrected chi connectivity index (χ0v) is 44.5. The van der Waals surface area contributed by atoms with E-state index in [4.69, 9.17) is 35.7 Å². The van der Waals surface area contributed by atoms with Crippen LogP contribution in [-0.2, 0) is 46.7 Å². The Kier molecular flexibility index (Phi) is 22.5. The van der Waals surface area contributed by atoms with Crippen LogP contribution in [0.1, 0.15) is 69.2 Å². The molecule has 6 aromatic heterocycles. The predicted octanol–water partition coefficient (Wildman–Crippen LogP) is 14.9. The van der Waals surface area contributed by atoms with E-state index in [-0.39, 0.29) is 30.9 Å². The normalized spacial score (nSPS) is 10.9. The van der Waals surface area contributed by atoms with Crippen LogP contribution in [0.5, 0.6) is 15.9 Å². The van der Waals surface area contributed by atoms with Gasteiger partial charge < -0.3 is 30.3 Å². The van der Waals surface area contributed by atoms with E-state index in [0.717, 1.165) is 57.2 Å². The molecule has 0 radical (unpaired) electrons. The summed E-state index contributed by atoms with van der Waals surface area (Å²) in [6, 6.07) is 30.2. The fourth-order valence-corrected chi connectivity index (χ4v) is 9.51. The summed E-state index contributed by atoms with van der Waals surface area (Å²) < 4.78 is 55.2. The molecule has 8 aromatic rings. The summed E-state index contributed by atoms with van der Waals surface area (Å²) in [6.07, 6.45) is 9.40. The third kappa shape index (κ3) is 16.0. The van der Waals surface area contributed by atoms with Gasteiger partial charge in [0.1, 0.15) is 22.8 Å². The fourth-order valence-electron chi connectivity index (χ4n) is 7.56. The number of nitrogens with zero attached hydrogens (tertiary/aromatic N) is 6. The minimum atomic E-state index is -4.81. The minimum Gasteiger partial charge on any atom is -0.753 e. The van der Waals surface area contributed by atoms with Crippen LogP contribution in [0.4, 0.5) is 30.2 Å². The van der Waals surface area contributed by atoms with Gasteiger partial charge in [0.15, 0.2) is 10.1 Å². The molecule has 0 unspecified atom stereocenters. The summed E-state index contributed by atoms with van der Waals surface area (Å²) >= 11 is 6.19. The number of anilines is 3. The van der Waals surface area contributed by atoms with Gasteiger partial charge >= 0.3 is 25.7 Å². The SMILES string of the molecule is CCCCCc1ccc(N(c2ccc(CCCCC)cc2)c2ccnc(/C([NH-])=C/C(=N)C(F)(F)F)c2)cc1.O=COc1cc(-c2nccc3cc(OC=O)sc23)nc(-c2nccc3cc(OC=O)sc23)c1.[N-]=C=S.[Ru+2]. The Labute approximate surface area is 456 Å². The largest absolute Gasteiger partial charge is 2.00 e. The standard InChI is InChI=1S/C31H36F3N4.C22H11N3O6S2.CNS.Ru/c1-3-5-7-9-23-11-15-25(16-12-23)38(26-17-13-24(14-18-26)10-8-6-4-2)27-19-20-37-29(21-27)28(35)22-30(36)31(32,33)34;26-9-29-14-7-15(19-21-12(1-3-23-19)5-17(32-21)30-10-27)25-16(8-14)20-22-13(2-4-24-20)6-18(33-22)31-11-28;2-1-3;/h11-22,35-36H,3-10H2,1-2H3;1-11H;;/q-1;;-1;+2/b28-22-,36-30?;;;. The Morgan fingerprint density at radius 3 is 1.57 bits per heavy atom. The number of ether oxygens (including phenoxy) is 3. The van der Waals surface area contributed by atoms with Gasteiger partial charge in [0.25, 0.3) is 19.4 Å². The number of aromatic nitrogens is 4. The number of aryl methyl sites for hydroxylation is 2. The van der Waals surface area contributed by atoms with Crippen molar-refractivity contribution in [1.82, 2.24) is 19.9 Å². The molecule has 14 nitrogen and oxygen atoms in total. The molecule has 2 aromatic carbocycles. The van der Waals surface area contributed by atoms with Crippen LogP contribution in [0.3, 0.4) is 0 Å². The molecule has 0 saturated carbocycles. The first-order chi connectivity index (χ1) is 35.8. The Morgan fingerprint density at radius 1 is 0.693 bits per heavy atom. The molecule has 2 N–H and O–H groups in total. The number of thiophene rings is 2. The van der Waals surface area contributed by atoms with Crippen LogP contribution in [0.15, 0.2) is 122 Å². The van der Waals surface area contributed by atoms with Gasteiger partial charge in [-0.25, -0.2) is 4.98 Å². The number of hydrogen-bond acceptors (Lipinski definition) is 15. The van der Waals surface area contributed by atoms with Crippen molar-refractivity contribution in [3.8, 4) is 38.7 Å². The van der Waals surface area contributed by atoms with Gasteiger partial charge in [-0.15, -0.1) is 5.70 Å². The molecule has 386 valence electrons. The van der Waals surface area contributed by atoms with Gasteiger partial charge in [0.05, 0.1) is 20.8 Å². The van der Waals surface area contributed by atoms with Gasteiger partial charge in [-0.05, 0) is 91.4 Å². The molecular weight excluding hydrogens is 1110 g/mol. The smallest absolute Gasteiger partial charge is 0.753 e. The number of rotatable bonds is 21. The molecule has 75 heavy (non-hydrogen) atoms. The van der Waals surface area contributed by atoms with Crippen molar-refractivity contribution >= 4 is 108 Å². The third-order valence-electron chi connectivity index (χ3n) is 11.0. The fraction of sp³-hybridized carbons (Fsp3) is 0.204. The van der Waals surface area contributed by atoms with Gasteiger partial charge in [-0.1, -0.05) is 98.7 Å². The molecule has 0 aliphatic carbocycles. The van der Waals surface area contributed by atoms with Crippen molar-refractivity contribution in [1.29, 1.82) is 5.41 Å². The van der Waals surface area contributed by atoms with Crippen LogP contribution in [0, 0.1) is 5.41 Å². The zero-order chi connectivity index (χ0) is 53.0. The van der Waals surface area contributed by atoms with Crippen LogP contribution >= 0.6 is 34.9 Å². The van der Waals surface area contributed by atoms with Crippen molar-refractivity contribution in [2.24, 2.45) is 0 Å². The second-order valence-electron chi connectivity index (χ2n) is 16.0. The van der Waals surface area contributed by atoms with E-state index in [0.29, 0.717) is 64.1 Å². The quantitative estimate of drug-likeness (QED) is 0.0235. The van der Waals surface area contributed by atoms with Crippen molar-refractivity contribution < 1.29 is 61.2 Å². The van der Waals surface area contributed by atoms with E-state index in [1.54, 1.807) is 60.9 Å². The number of nitrogens with one attached hydrogen (secondary N) is 2. The molecule has 0 aliphatic heterocycles. The maximum Gasteiger partial charge on any atom is 2.00 e. The number of benzene rings is 2. The number of carbonyl (C=O) groups is 3. The first-order valence-corrected chi connectivity index (χ1v) is 25.0. The maximum atomic E-state index is 12.9. The van der Waals surface area contributed by atoms with E-state index in [9.17, 15) is 27.6 Å². The Bertz CT molecular complexity index is 3120. The molecule has 6 heterocycles. The molecular formula is C54H47F3N8O6RuS3. The number of unbranched alkanes of at least 4 members (excludes halogenated alkanes) is 4. The van der Waals surface area contributed by atoms with E-state index in [1.807, 2.05) is 29.2 Å². The number of halogens is 3. The number of pyridine rings is 4. The van der Waals surface area contributed by atoms with Gasteiger partial charge in [-0.3, -0.25) is 34.7 Å². The molecule has 0 aliphatic rings. The summed E-state index contributed by atoms with van der Waals surface area (Å²) in [5.74, 6) is 0.254. The minimum absolute atomic E-state index is 0. The van der Waals surface area contributed by atoms with Crippen molar-refractivity contribution in [3.05, 3.63) is 150 Å². The molecule has 0 fully saturated rings. The second kappa shape index (κ2) is 28.9. The van der Waals surface area contributed by atoms with Crippen molar-refractivity contribution in [2.45, 2.75) is 71.4 Å². The topological polar surface area (TPSA) is 204 Å². The van der Waals surface area contributed by atoms with Crippen LogP contribution in [0.25, 0.3) is 59.8 Å². The number of allylic oxidation sites excluding steroid dienone is 1. The zero-order valence-electron chi connectivity index (χ0n) is 40.3. The van der Waals surface area contributed by atoms with Gasteiger partial charge in [0, 0.05) is 76.4 Å². The number of hydrogen-bond donors (Lipinski definition) is 1. The Hall–Kier alpha value is -7.41. The van der Waals surface area contributed by atoms with Crippen LogP contribution in [0.2, 0.25) is 0 Å². The van der Waals surface area contributed by atoms with E-state index < -0.39 is 17.6 Å². The number of alkyl halides is 3. The first kappa shape index (κ1) is 58.5. The summed E-state index contributed by atoms with van der Waals surface area (Å²) in [5.41, 5.74) is 13.1. The van der Waals surface area contributed by atoms with Gasteiger partial charge in [-0.2, -0.15) is 18.3 Å². The maximum absolute atomic E-state index is 12.9. The van der Waals surface area contributed by atoms with E-state index in [1.165, 1.54) is 70.8 Å². The average Bonchev–Trinajstić information content (AvgIpc) is 4.02. The van der Waals surface area contributed by atoms with Gasteiger partial charge in [0.2, 0.25) is 0 Å². The third-order valence-corrected chi connectivity index (χ3v) is 13.1. The Balaban J connectivity index is 0.000000262. The molecule has 0 atom stereocenters. The van der Waals surface area contributed by atoms with Crippen molar-refractivity contribution in [2.75, 3.05) is 4.90 Å². The molecule has 0 spiro atoms. The molecule has 21 heteroatoms. The summed E-state index contributed by atoms with van der Waals surface area (Å²) in [5, 5.41) is 18.2. The summed E-state index contributed by atoms with van der Waals surface area (Å²) in [4.78, 5) is 52.4. The first-order valence-electron chi connectivity index (χ1n) is 23.0. The van der Waals surface area contributed by atoms with Crippen LogP contribution in [-0.4, -0.2) is 56.4 Å². The molecule has 8 rings (SSSR count). The molecule has 0 bridgehead atoms. The predicted molar refractivity (Wildman–Crippen MR) is 289 cm³/mol. The van der Waals surface area contributed by atoms with Crippen molar-refractivity contribution in [3.63, 3.8) is 0 Å². The summed E-state index contributed by atoms with van der Waals surface area (Å²) in [6.45, 7) is 5.42. The summed E-state index contributed by atoms with van der Waals surface area (Å²) in [7, 11) is 0. The average molecular weight is 1160 g/mol. The Morgan fingerprint density at radius 2 is 1.15 bits per heavy atom. The second-order valence-corrected chi connectivity index (χ2v) is 18.3. The van der Waals surface area contributed by atoms with E-state index in [2.05, 4.69) is 65.3 Å². The molecule has 0 amide bonds. The molecule has 0 saturated heterocycles.